The van der Waals surface area contributed by atoms with Gasteiger partial charge in [0.1, 0.15) is 0 Å². The molecule has 3 aliphatic rings. The van der Waals surface area contributed by atoms with E-state index in [9.17, 15) is 0 Å². The van der Waals surface area contributed by atoms with Gasteiger partial charge < -0.3 is 4.90 Å². The molecule has 0 unspecified atom stereocenters. The number of rotatable bonds is 1. The summed E-state index contributed by atoms with van der Waals surface area (Å²) < 4.78 is 0. The minimum atomic E-state index is 0.737. The van der Waals surface area contributed by atoms with Crippen LogP contribution in [0.25, 0.3) is 0 Å². The van der Waals surface area contributed by atoms with E-state index in [0.717, 1.165) is 11.8 Å². The van der Waals surface area contributed by atoms with Gasteiger partial charge in [-0.05, 0) is 30.5 Å². The Morgan fingerprint density at radius 3 is 2.50 bits per heavy atom. The highest BCUT2D eigenvalue weighted by atomic mass is 35.5. The minimum absolute atomic E-state index is 0.737. The Labute approximate surface area is 66.7 Å². The zero-order valence-corrected chi connectivity index (χ0v) is 6.77. The summed E-state index contributed by atoms with van der Waals surface area (Å²) in [5, 5.41) is 0. The van der Waals surface area contributed by atoms with E-state index in [1.807, 2.05) is 0 Å². The Hall–Kier alpha value is -0.170. The zero-order valence-electron chi connectivity index (χ0n) is 6.02. The molecule has 2 heteroatoms. The van der Waals surface area contributed by atoms with Crippen molar-refractivity contribution in [1.82, 2.24) is 4.90 Å². The highest BCUT2D eigenvalue weighted by Crippen LogP contribution is 2.31. The molecule has 1 saturated heterocycles. The van der Waals surface area contributed by atoms with Crippen LogP contribution in [0, 0.1) is 5.92 Å². The van der Waals surface area contributed by atoms with Crippen molar-refractivity contribution >= 4 is 11.6 Å². The van der Waals surface area contributed by atoms with Gasteiger partial charge in [0.25, 0.3) is 0 Å². The second kappa shape index (κ2) is 2.46. The lowest BCUT2D eigenvalue weighted by molar-refractivity contribution is 0.231. The zero-order chi connectivity index (χ0) is 6.97. The maximum Gasteiger partial charge on any atom is 0.0453 e. The van der Waals surface area contributed by atoms with Crippen molar-refractivity contribution in [2.45, 2.75) is 12.8 Å². The lowest BCUT2D eigenvalue weighted by Gasteiger charge is -2.38. The van der Waals surface area contributed by atoms with Crippen LogP contribution in [0.4, 0.5) is 0 Å². The summed E-state index contributed by atoms with van der Waals surface area (Å²) in [5.41, 5.74) is 1.46. The number of fused-ring (bicyclic) bond motifs is 2. The van der Waals surface area contributed by atoms with Crippen LogP contribution in [-0.4, -0.2) is 23.9 Å². The van der Waals surface area contributed by atoms with E-state index in [2.05, 4.69) is 11.1 Å². The fraction of sp³-hybridized carbons (Fsp3) is 0.750. The van der Waals surface area contributed by atoms with E-state index in [1.165, 1.54) is 31.5 Å². The summed E-state index contributed by atoms with van der Waals surface area (Å²) in [6.07, 6.45) is 4.92. The predicted octanol–water partition coefficient (Wildman–Crippen LogP) is 1.83. The van der Waals surface area contributed by atoms with Gasteiger partial charge in [0.15, 0.2) is 0 Å². The molecule has 3 heterocycles. The van der Waals surface area contributed by atoms with Gasteiger partial charge in [-0.1, -0.05) is 0 Å². The molecule has 3 rings (SSSR count). The van der Waals surface area contributed by atoms with E-state index in [-0.39, 0.29) is 0 Å². The topological polar surface area (TPSA) is 3.24 Å². The van der Waals surface area contributed by atoms with Crippen LogP contribution < -0.4 is 0 Å². The second-order valence-corrected chi connectivity index (χ2v) is 3.42. The van der Waals surface area contributed by atoms with Gasteiger partial charge in [-0.2, -0.15) is 0 Å². The van der Waals surface area contributed by atoms with Crippen molar-refractivity contribution in [2.75, 3.05) is 19.0 Å². The van der Waals surface area contributed by atoms with Crippen LogP contribution in [-0.2, 0) is 0 Å². The maximum absolute atomic E-state index is 5.78. The molecule has 0 aromatic carbocycles. The smallest absolute Gasteiger partial charge is 0.0453 e. The number of allylic oxidation sites excluding steroid dienone is 1. The molecule has 0 radical (unpaired) electrons. The molecule has 1 fully saturated rings. The first-order chi connectivity index (χ1) is 4.90. The van der Waals surface area contributed by atoms with Crippen molar-refractivity contribution in [3.8, 4) is 0 Å². The Morgan fingerprint density at radius 2 is 2.20 bits per heavy atom. The quantitative estimate of drug-likeness (QED) is 0.525. The third-order valence-corrected chi connectivity index (χ3v) is 2.87. The van der Waals surface area contributed by atoms with Crippen LogP contribution in [0.1, 0.15) is 12.8 Å². The summed E-state index contributed by atoms with van der Waals surface area (Å²) in [4.78, 5) is 2.39. The van der Waals surface area contributed by atoms with E-state index in [4.69, 9.17) is 11.6 Å². The van der Waals surface area contributed by atoms with Gasteiger partial charge in [0, 0.05) is 19.0 Å². The molecule has 56 valence electrons. The van der Waals surface area contributed by atoms with Crippen molar-refractivity contribution in [1.29, 1.82) is 0 Å². The average molecular weight is 158 g/mol. The average Bonchev–Trinajstić information content (AvgIpc) is 2.06. The van der Waals surface area contributed by atoms with Gasteiger partial charge >= 0.3 is 0 Å². The molecule has 0 aliphatic carbocycles. The van der Waals surface area contributed by atoms with Crippen molar-refractivity contribution < 1.29 is 0 Å². The van der Waals surface area contributed by atoms with Gasteiger partial charge in [0.05, 0.1) is 0 Å². The number of hydrogen-bond acceptors (Lipinski definition) is 1. The van der Waals surface area contributed by atoms with Crippen LogP contribution in [0.5, 0.6) is 0 Å². The van der Waals surface area contributed by atoms with Crippen molar-refractivity contribution in [2.24, 2.45) is 5.92 Å². The molecule has 0 saturated carbocycles. The Bertz CT molecular complexity index is 157. The Kier molecular flexibility index (Phi) is 1.61. The van der Waals surface area contributed by atoms with Gasteiger partial charge in [-0.15, -0.1) is 11.6 Å². The summed E-state index contributed by atoms with van der Waals surface area (Å²) in [7, 11) is 0. The third kappa shape index (κ3) is 0.929. The van der Waals surface area contributed by atoms with Crippen LogP contribution in [0.3, 0.4) is 0 Å². The lowest BCUT2D eigenvalue weighted by Crippen LogP contribution is -2.36. The van der Waals surface area contributed by atoms with Crippen LogP contribution in [0.2, 0.25) is 0 Å². The number of piperidine rings is 1. The molecule has 3 aliphatic heterocycles. The molecule has 0 amide bonds. The van der Waals surface area contributed by atoms with Crippen molar-refractivity contribution in [3.05, 3.63) is 11.8 Å². The summed E-state index contributed by atoms with van der Waals surface area (Å²) >= 11 is 5.78. The van der Waals surface area contributed by atoms with E-state index < -0.39 is 0 Å². The largest absolute Gasteiger partial charge is 0.377 e. The highest BCUT2D eigenvalue weighted by Gasteiger charge is 2.25. The van der Waals surface area contributed by atoms with Gasteiger partial charge in [-0.25, -0.2) is 0 Å². The predicted molar refractivity (Wildman–Crippen MR) is 43.1 cm³/mol. The molecule has 0 aromatic heterocycles. The lowest BCUT2D eigenvalue weighted by atomic mass is 9.87. The fourth-order valence-electron chi connectivity index (χ4n) is 1.88. The summed E-state index contributed by atoms with van der Waals surface area (Å²) in [6, 6.07) is 0. The van der Waals surface area contributed by atoms with E-state index in [0.29, 0.717) is 0 Å². The molecule has 0 aromatic rings. The van der Waals surface area contributed by atoms with E-state index in [1.54, 1.807) is 0 Å². The van der Waals surface area contributed by atoms with Gasteiger partial charge in [0.2, 0.25) is 0 Å². The Balaban J connectivity index is 2.19. The molecular weight excluding hydrogens is 146 g/mol. The second-order valence-electron chi connectivity index (χ2n) is 3.15. The monoisotopic (exact) mass is 157 g/mol. The standard InChI is InChI=1S/C8H12ClN/c9-5-8-6-10-3-1-7(8)2-4-10/h6-7H,1-5H2. The van der Waals surface area contributed by atoms with Gasteiger partial charge in [-0.3, -0.25) is 0 Å². The molecule has 2 bridgehead atoms. The first kappa shape index (κ1) is 6.53. The molecule has 0 spiro atoms. The Morgan fingerprint density at radius 1 is 1.50 bits per heavy atom. The molecule has 10 heavy (non-hydrogen) atoms. The van der Waals surface area contributed by atoms with Crippen LogP contribution >= 0.6 is 11.6 Å². The molecule has 1 nitrogen and oxygen atoms in total. The SMILES string of the molecule is ClCC1=CN2CCC1CC2. The first-order valence-electron chi connectivity index (χ1n) is 3.91. The van der Waals surface area contributed by atoms with Crippen LogP contribution in [0.15, 0.2) is 11.8 Å². The third-order valence-electron chi connectivity index (χ3n) is 2.56. The number of nitrogens with zero attached hydrogens (tertiary/aromatic N) is 1. The number of alkyl halides is 1. The molecule has 0 N–H and O–H groups in total. The molecule has 0 atom stereocenters. The highest BCUT2D eigenvalue weighted by molar-refractivity contribution is 6.19. The summed E-state index contributed by atoms with van der Waals surface area (Å²) in [5.74, 6) is 1.56. The number of halogens is 1. The van der Waals surface area contributed by atoms with E-state index >= 15 is 0 Å². The number of hydrogen-bond donors (Lipinski definition) is 0. The van der Waals surface area contributed by atoms with Crippen molar-refractivity contribution in [3.63, 3.8) is 0 Å². The normalized spacial score (nSPS) is 25.3. The fourth-order valence-corrected chi connectivity index (χ4v) is 2.17. The minimum Gasteiger partial charge on any atom is -0.377 e. The molecular formula is C8H12ClN. The first-order valence-corrected chi connectivity index (χ1v) is 4.44. The summed E-state index contributed by atoms with van der Waals surface area (Å²) in [6.45, 7) is 2.51. The maximum atomic E-state index is 5.78.